The molecule has 10 nitrogen and oxygen atoms in total. The monoisotopic (exact) mass is 681 g/mol. The van der Waals surface area contributed by atoms with Gasteiger partial charge in [-0.2, -0.15) is 4.31 Å². The first kappa shape index (κ1) is 36.3. The van der Waals surface area contributed by atoms with Crippen molar-refractivity contribution in [2.45, 2.75) is 70.7 Å². The predicted molar refractivity (Wildman–Crippen MR) is 186 cm³/mol. The lowest BCUT2D eigenvalue weighted by atomic mass is 9.97. The molecule has 3 aromatic rings. The minimum Gasteiger partial charge on any atom is -0.390 e. The number of aryl methyl sites for hydroxylation is 1. The van der Waals surface area contributed by atoms with Crippen molar-refractivity contribution in [2.75, 3.05) is 26.2 Å². The Hall–Kier alpha value is -3.58. The first-order chi connectivity index (χ1) is 22.3. The van der Waals surface area contributed by atoms with Crippen molar-refractivity contribution in [1.29, 1.82) is 0 Å². The average molecular weight is 682 g/mol. The highest BCUT2D eigenvalue weighted by Gasteiger charge is 2.40. The molecule has 0 aliphatic carbocycles. The van der Waals surface area contributed by atoms with Crippen LogP contribution in [0.1, 0.15) is 49.5 Å². The van der Waals surface area contributed by atoms with E-state index in [2.05, 4.69) is 16.9 Å². The number of rotatable bonds is 16. The minimum absolute atomic E-state index is 0.0192. The van der Waals surface area contributed by atoms with E-state index in [9.17, 15) is 23.1 Å². The molecule has 0 unspecified atom stereocenters. The molecule has 1 fully saturated rings. The van der Waals surface area contributed by atoms with Crippen molar-refractivity contribution in [3.63, 3.8) is 0 Å². The van der Waals surface area contributed by atoms with Crippen molar-refractivity contribution < 1.29 is 23.1 Å². The largest absolute Gasteiger partial charge is 0.390 e. The fourth-order valence-corrected chi connectivity index (χ4v) is 8.07. The van der Waals surface area contributed by atoms with Crippen LogP contribution in [0.5, 0.6) is 0 Å². The van der Waals surface area contributed by atoms with Crippen LogP contribution in [0.4, 0.5) is 4.79 Å². The molecule has 1 aliphatic rings. The molecule has 1 aromatic heterocycles. The summed E-state index contributed by atoms with van der Waals surface area (Å²) in [6, 6.07) is 14.0. The Bertz CT molecular complexity index is 1610. The highest BCUT2D eigenvalue weighted by Crippen LogP contribution is 2.23. The fourth-order valence-electron chi connectivity index (χ4n) is 5.85. The topological polar surface area (TPSA) is 123 Å². The second kappa shape index (κ2) is 16.0. The number of hydrogen-bond donors (Lipinski definition) is 2. The molecule has 12 heteroatoms. The Morgan fingerprint density at radius 3 is 2.34 bits per heavy atom. The minimum atomic E-state index is -3.97. The summed E-state index contributed by atoms with van der Waals surface area (Å²) < 4.78 is 28.9. The van der Waals surface area contributed by atoms with Crippen molar-refractivity contribution in [2.24, 2.45) is 11.8 Å². The molecular formula is C35H47N5O5S2. The Morgan fingerprint density at radius 2 is 1.77 bits per heavy atom. The maximum atomic E-state index is 14.0. The molecule has 47 heavy (non-hydrogen) atoms. The molecule has 2 heterocycles. The van der Waals surface area contributed by atoms with Crippen molar-refractivity contribution in [1.82, 2.24) is 24.4 Å². The molecule has 0 saturated carbocycles. The Morgan fingerprint density at radius 1 is 1.09 bits per heavy atom. The second-order valence-corrected chi connectivity index (χ2v) is 15.8. The van der Waals surface area contributed by atoms with E-state index in [4.69, 9.17) is 0 Å². The van der Waals surface area contributed by atoms with Gasteiger partial charge in [-0.25, -0.2) is 18.2 Å². The van der Waals surface area contributed by atoms with E-state index >= 15 is 0 Å². The van der Waals surface area contributed by atoms with Gasteiger partial charge < -0.3 is 20.2 Å². The third-order valence-electron chi connectivity index (χ3n) is 8.19. The Balaban J connectivity index is 1.57. The molecular weight excluding hydrogens is 635 g/mol. The normalized spacial score (nSPS) is 15.8. The summed E-state index contributed by atoms with van der Waals surface area (Å²) in [5.74, 6) is -0.626. The number of nitrogens with zero attached hydrogens (tertiary/aromatic N) is 4. The number of hydrogen-bond acceptors (Lipinski definition) is 7. The fraction of sp³-hybridized carbons (Fsp3) is 0.457. The SMILES string of the molecule is C=Cc1ccc(S(=O)(=O)N(CC(C)C)C[C@H](O)[C@H](Cc2ccccc2)NC(=O)[C@H](C(C)C)N2CCN(Cc3csc(C)n3)C2=O)cc1. The first-order valence-corrected chi connectivity index (χ1v) is 18.3. The Kier molecular flexibility index (Phi) is 12.4. The van der Waals surface area contributed by atoms with Gasteiger partial charge in [0, 0.05) is 31.6 Å². The molecule has 0 bridgehead atoms. The molecule has 1 saturated heterocycles. The number of amides is 3. The maximum Gasteiger partial charge on any atom is 0.321 e. The van der Waals surface area contributed by atoms with Crippen molar-refractivity contribution in [3.05, 3.63) is 88.4 Å². The summed E-state index contributed by atoms with van der Waals surface area (Å²) in [6.45, 7) is 14.4. The number of nitrogens with one attached hydrogen (secondary N) is 1. The van der Waals surface area contributed by atoms with E-state index in [0.29, 0.717) is 19.6 Å². The van der Waals surface area contributed by atoms with Crippen molar-refractivity contribution in [3.8, 4) is 0 Å². The van der Waals surface area contributed by atoms with E-state index in [1.54, 1.807) is 28.0 Å². The van der Waals surface area contributed by atoms with Gasteiger partial charge in [-0.3, -0.25) is 4.79 Å². The highest BCUT2D eigenvalue weighted by atomic mass is 32.2. The van der Waals surface area contributed by atoms with Gasteiger partial charge in [0.15, 0.2) is 0 Å². The van der Waals surface area contributed by atoms with E-state index in [1.807, 2.05) is 70.3 Å². The molecule has 4 rings (SSSR count). The van der Waals surface area contributed by atoms with Gasteiger partial charge >= 0.3 is 6.03 Å². The Labute approximate surface area is 283 Å². The second-order valence-electron chi connectivity index (χ2n) is 12.8. The summed E-state index contributed by atoms with van der Waals surface area (Å²) in [5.41, 5.74) is 2.48. The standard InChI is InChI=1S/C35H47N5O5S2/c1-7-27-13-15-30(16-14-27)47(44,45)39(20-24(2)3)22-32(41)31(19-28-11-9-8-10-12-28)37-34(42)33(25(4)5)40-18-17-38(35(40)43)21-29-23-46-26(6)36-29/h7-16,23-25,31-33,41H,1,17-22H2,2-6H3,(H,37,42)/t31-,32-,33-/m0/s1. The molecule has 3 amide bonds. The van der Waals surface area contributed by atoms with Crippen LogP contribution in [-0.2, 0) is 27.8 Å². The van der Waals surface area contributed by atoms with Crippen LogP contribution in [0.3, 0.4) is 0 Å². The van der Waals surface area contributed by atoms with Gasteiger partial charge in [-0.15, -0.1) is 11.3 Å². The zero-order valence-corrected chi connectivity index (χ0v) is 29.5. The molecule has 3 atom stereocenters. The summed E-state index contributed by atoms with van der Waals surface area (Å²) in [5, 5.41) is 17.6. The lowest BCUT2D eigenvalue weighted by Crippen LogP contribution is -2.57. The zero-order valence-electron chi connectivity index (χ0n) is 27.9. The van der Waals surface area contributed by atoms with Gasteiger partial charge in [0.1, 0.15) is 6.04 Å². The number of aliphatic hydroxyl groups excluding tert-OH is 1. The lowest BCUT2D eigenvalue weighted by molar-refractivity contribution is -0.128. The summed E-state index contributed by atoms with van der Waals surface area (Å²) in [4.78, 5) is 35.5. The van der Waals surface area contributed by atoms with Crippen LogP contribution in [0, 0.1) is 18.8 Å². The molecule has 2 aromatic carbocycles. The number of aromatic nitrogens is 1. The third kappa shape index (κ3) is 9.28. The first-order valence-electron chi connectivity index (χ1n) is 16.0. The third-order valence-corrected chi connectivity index (χ3v) is 10.9. The van der Waals surface area contributed by atoms with Crippen LogP contribution in [0.25, 0.3) is 6.08 Å². The quantitative estimate of drug-likeness (QED) is 0.224. The molecule has 2 N–H and O–H groups in total. The summed E-state index contributed by atoms with van der Waals surface area (Å²) in [7, 11) is -3.97. The van der Waals surface area contributed by atoms with Gasteiger partial charge in [-0.05, 0) is 48.4 Å². The number of carbonyl (C=O) groups excluding carboxylic acids is 2. The molecule has 0 radical (unpaired) electrons. The van der Waals surface area contributed by atoms with E-state index < -0.39 is 34.1 Å². The highest BCUT2D eigenvalue weighted by molar-refractivity contribution is 7.89. The molecule has 254 valence electrons. The zero-order chi connectivity index (χ0) is 34.3. The summed E-state index contributed by atoms with van der Waals surface area (Å²) in [6.07, 6.45) is 0.667. The van der Waals surface area contributed by atoms with Gasteiger partial charge in [0.25, 0.3) is 0 Å². The van der Waals surface area contributed by atoms with Crippen LogP contribution in [0.2, 0.25) is 0 Å². The number of sulfonamides is 1. The van der Waals surface area contributed by atoms with Gasteiger partial charge in [0.2, 0.25) is 15.9 Å². The average Bonchev–Trinajstić information content (AvgIpc) is 3.61. The molecule has 1 aliphatic heterocycles. The van der Waals surface area contributed by atoms with Gasteiger partial charge in [0.05, 0.1) is 34.3 Å². The number of carbonyl (C=O) groups is 2. The smallest absolute Gasteiger partial charge is 0.321 e. The van der Waals surface area contributed by atoms with Crippen LogP contribution in [0.15, 0.2) is 71.5 Å². The van der Waals surface area contributed by atoms with E-state index in [1.165, 1.54) is 27.8 Å². The van der Waals surface area contributed by atoms with Crippen LogP contribution in [-0.4, -0.2) is 88.9 Å². The number of aliphatic hydroxyl groups is 1. The maximum absolute atomic E-state index is 14.0. The number of benzene rings is 2. The van der Waals surface area contributed by atoms with Gasteiger partial charge in [-0.1, -0.05) is 82.8 Å². The number of thiazole rings is 1. The van der Waals surface area contributed by atoms with Crippen LogP contribution < -0.4 is 5.32 Å². The lowest BCUT2D eigenvalue weighted by Gasteiger charge is -2.34. The van der Waals surface area contributed by atoms with E-state index in [-0.39, 0.29) is 42.3 Å². The van der Waals surface area contributed by atoms with E-state index in [0.717, 1.165) is 21.8 Å². The number of urea groups is 1. The summed E-state index contributed by atoms with van der Waals surface area (Å²) >= 11 is 1.53. The molecule has 0 spiro atoms. The van der Waals surface area contributed by atoms with Crippen molar-refractivity contribution >= 4 is 39.4 Å². The predicted octanol–water partition coefficient (Wildman–Crippen LogP) is 4.79. The van der Waals surface area contributed by atoms with Crippen LogP contribution >= 0.6 is 11.3 Å².